The molecule has 1 heterocycles. The standard InChI is InChI=1S/C17H14ClN3O/c1-13(22)17(21-12-19-11-20-21,14-5-3-2-4-6-14)15-7-9-16(18)10-8-15/h2-12H,1H3. The van der Waals surface area contributed by atoms with Gasteiger partial charge in [-0.3, -0.25) is 4.79 Å². The van der Waals surface area contributed by atoms with Gasteiger partial charge in [-0.25, -0.2) is 9.67 Å². The normalized spacial score (nSPS) is 13.5. The Hall–Kier alpha value is -2.46. The van der Waals surface area contributed by atoms with Crippen LogP contribution < -0.4 is 0 Å². The second kappa shape index (κ2) is 5.73. The molecular formula is C17H14ClN3O. The molecule has 0 aliphatic rings. The summed E-state index contributed by atoms with van der Waals surface area (Å²) in [6, 6.07) is 16.8. The molecule has 1 aromatic heterocycles. The lowest BCUT2D eigenvalue weighted by atomic mass is 9.80. The van der Waals surface area contributed by atoms with E-state index in [2.05, 4.69) is 10.1 Å². The van der Waals surface area contributed by atoms with E-state index in [1.807, 2.05) is 42.5 Å². The summed E-state index contributed by atoms with van der Waals surface area (Å²) in [6.45, 7) is 1.56. The van der Waals surface area contributed by atoms with Crippen molar-refractivity contribution in [3.8, 4) is 0 Å². The van der Waals surface area contributed by atoms with Crippen molar-refractivity contribution in [1.29, 1.82) is 0 Å². The molecule has 0 saturated heterocycles. The van der Waals surface area contributed by atoms with Gasteiger partial charge in [0.1, 0.15) is 12.7 Å². The fourth-order valence-corrected chi connectivity index (χ4v) is 2.88. The molecule has 2 aromatic carbocycles. The average Bonchev–Trinajstić information content (AvgIpc) is 3.05. The van der Waals surface area contributed by atoms with Gasteiger partial charge in [-0.15, -0.1) is 0 Å². The number of carbonyl (C=O) groups is 1. The molecule has 1 unspecified atom stereocenters. The van der Waals surface area contributed by atoms with Gasteiger partial charge in [0.15, 0.2) is 11.3 Å². The molecule has 0 N–H and O–H groups in total. The molecule has 0 fully saturated rings. The Kier molecular flexibility index (Phi) is 3.77. The molecular weight excluding hydrogens is 298 g/mol. The molecule has 3 rings (SSSR count). The summed E-state index contributed by atoms with van der Waals surface area (Å²) in [7, 11) is 0. The van der Waals surface area contributed by atoms with Crippen molar-refractivity contribution in [2.75, 3.05) is 0 Å². The number of nitrogens with zero attached hydrogens (tertiary/aromatic N) is 3. The van der Waals surface area contributed by atoms with E-state index < -0.39 is 5.54 Å². The summed E-state index contributed by atoms with van der Waals surface area (Å²) in [5, 5.41) is 4.86. The Labute approximate surface area is 133 Å². The lowest BCUT2D eigenvalue weighted by molar-refractivity contribution is -0.122. The summed E-state index contributed by atoms with van der Waals surface area (Å²) < 4.78 is 1.59. The number of benzene rings is 2. The molecule has 3 aromatic rings. The van der Waals surface area contributed by atoms with Gasteiger partial charge in [0, 0.05) is 5.02 Å². The number of hydrogen-bond acceptors (Lipinski definition) is 3. The summed E-state index contributed by atoms with van der Waals surface area (Å²) in [5.74, 6) is -0.0495. The Bertz CT molecular complexity index is 769. The minimum absolute atomic E-state index is 0.0495. The Morgan fingerprint density at radius 1 is 1.05 bits per heavy atom. The molecule has 5 heteroatoms. The van der Waals surface area contributed by atoms with Crippen LogP contribution in [0.15, 0.2) is 67.3 Å². The Morgan fingerprint density at radius 3 is 2.23 bits per heavy atom. The Morgan fingerprint density at radius 2 is 1.68 bits per heavy atom. The van der Waals surface area contributed by atoms with Gasteiger partial charge in [-0.1, -0.05) is 54.1 Å². The fourth-order valence-electron chi connectivity index (χ4n) is 2.75. The number of aromatic nitrogens is 3. The van der Waals surface area contributed by atoms with Crippen LogP contribution in [0.4, 0.5) is 0 Å². The van der Waals surface area contributed by atoms with Crippen LogP contribution in [0, 0.1) is 0 Å². The van der Waals surface area contributed by atoms with Gasteiger partial charge < -0.3 is 0 Å². The topological polar surface area (TPSA) is 47.8 Å². The number of halogens is 1. The first-order valence-corrected chi connectivity index (χ1v) is 7.21. The smallest absolute Gasteiger partial charge is 0.172 e. The van der Waals surface area contributed by atoms with Gasteiger partial charge in [0.2, 0.25) is 0 Å². The van der Waals surface area contributed by atoms with Crippen LogP contribution in [0.2, 0.25) is 5.02 Å². The van der Waals surface area contributed by atoms with Crippen molar-refractivity contribution in [1.82, 2.24) is 14.8 Å². The van der Waals surface area contributed by atoms with Crippen molar-refractivity contribution >= 4 is 17.4 Å². The maximum Gasteiger partial charge on any atom is 0.172 e. The molecule has 0 aliphatic carbocycles. The van der Waals surface area contributed by atoms with Crippen molar-refractivity contribution in [3.63, 3.8) is 0 Å². The zero-order chi connectivity index (χ0) is 15.6. The second-order valence-corrected chi connectivity index (χ2v) is 5.42. The van der Waals surface area contributed by atoms with E-state index in [-0.39, 0.29) is 5.78 Å². The van der Waals surface area contributed by atoms with Gasteiger partial charge in [0.25, 0.3) is 0 Å². The van der Waals surface area contributed by atoms with Crippen molar-refractivity contribution in [3.05, 3.63) is 83.4 Å². The fraction of sp³-hybridized carbons (Fsp3) is 0.118. The highest BCUT2D eigenvalue weighted by molar-refractivity contribution is 6.30. The van der Waals surface area contributed by atoms with Crippen LogP contribution in [0.3, 0.4) is 0 Å². The maximum absolute atomic E-state index is 12.7. The Balaban J connectivity index is 2.34. The van der Waals surface area contributed by atoms with E-state index in [9.17, 15) is 4.79 Å². The van der Waals surface area contributed by atoms with E-state index in [1.54, 1.807) is 30.1 Å². The van der Waals surface area contributed by atoms with Crippen LogP contribution in [-0.2, 0) is 10.3 Å². The molecule has 0 saturated carbocycles. The first-order chi connectivity index (χ1) is 10.7. The van der Waals surface area contributed by atoms with Gasteiger partial charge in [-0.2, -0.15) is 5.10 Å². The van der Waals surface area contributed by atoms with Crippen molar-refractivity contribution < 1.29 is 4.79 Å². The largest absolute Gasteiger partial charge is 0.296 e. The minimum atomic E-state index is -1.05. The molecule has 0 amide bonds. The predicted molar refractivity (Wildman–Crippen MR) is 84.8 cm³/mol. The van der Waals surface area contributed by atoms with E-state index in [4.69, 9.17) is 11.6 Å². The van der Waals surface area contributed by atoms with E-state index in [1.165, 1.54) is 6.33 Å². The third-order valence-corrected chi connectivity index (χ3v) is 3.98. The highest BCUT2D eigenvalue weighted by Gasteiger charge is 2.42. The maximum atomic E-state index is 12.7. The summed E-state index contributed by atoms with van der Waals surface area (Å²) in [4.78, 5) is 16.7. The number of hydrogen-bond donors (Lipinski definition) is 0. The number of Topliss-reactive ketones (excluding diaryl/α,β-unsaturated/α-hetero) is 1. The van der Waals surface area contributed by atoms with Crippen LogP contribution in [-0.4, -0.2) is 20.5 Å². The monoisotopic (exact) mass is 311 g/mol. The summed E-state index contributed by atoms with van der Waals surface area (Å²) >= 11 is 5.99. The van der Waals surface area contributed by atoms with Crippen LogP contribution in [0.25, 0.3) is 0 Å². The molecule has 0 spiro atoms. The SMILES string of the molecule is CC(=O)C(c1ccccc1)(c1ccc(Cl)cc1)n1cncn1. The molecule has 4 nitrogen and oxygen atoms in total. The number of ketones is 1. The van der Waals surface area contributed by atoms with Crippen molar-refractivity contribution in [2.24, 2.45) is 0 Å². The van der Waals surface area contributed by atoms with Crippen LogP contribution >= 0.6 is 11.6 Å². The van der Waals surface area contributed by atoms with E-state index in [0.29, 0.717) is 5.02 Å². The lowest BCUT2D eigenvalue weighted by Gasteiger charge is -2.32. The minimum Gasteiger partial charge on any atom is -0.296 e. The molecule has 22 heavy (non-hydrogen) atoms. The summed E-state index contributed by atoms with van der Waals surface area (Å²) in [6.07, 6.45) is 2.99. The summed E-state index contributed by atoms with van der Waals surface area (Å²) in [5.41, 5.74) is 0.568. The van der Waals surface area contributed by atoms with E-state index in [0.717, 1.165) is 11.1 Å². The van der Waals surface area contributed by atoms with Gasteiger partial charge in [0.05, 0.1) is 0 Å². The van der Waals surface area contributed by atoms with Gasteiger partial charge in [-0.05, 0) is 30.2 Å². The van der Waals surface area contributed by atoms with E-state index >= 15 is 0 Å². The first-order valence-electron chi connectivity index (χ1n) is 6.83. The highest BCUT2D eigenvalue weighted by Crippen LogP contribution is 2.35. The number of carbonyl (C=O) groups excluding carboxylic acids is 1. The zero-order valence-corrected chi connectivity index (χ0v) is 12.7. The van der Waals surface area contributed by atoms with Crippen LogP contribution in [0.5, 0.6) is 0 Å². The zero-order valence-electron chi connectivity index (χ0n) is 12.0. The molecule has 110 valence electrons. The number of rotatable bonds is 4. The molecule has 1 atom stereocenters. The highest BCUT2D eigenvalue weighted by atomic mass is 35.5. The molecule has 0 bridgehead atoms. The third kappa shape index (κ3) is 2.22. The lowest BCUT2D eigenvalue weighted by Crippen LogP contribution is -2.43. The molecule has 0 radical (unpaired) electrons. The average molecular weight is 312 g/mol. The quantitative estimate of drug-likeness (QED) is 0.742. The molecule has 0 aliphatic heterocycles. The van der Waals surface area contributed by atoms with Crippen LogP contribution in [0.1, 0.15) is 18.1 Å². The second-order valence-electron chi connectivity index (χ2n) is 4.98. The third-order valence-electron chi connectivity index (χ3n) is 3.73. The predicted octanol–water partition coefficient (Wildman–Crippen LogP) is 3.31. The van der Waals surface area contributed by atoms with Crippen molar-refractivity contribution in [2.45, 2.75) is 12.5 Å². The first kappa shape index (κ1) is 14.5. The van der Waals surface area contributed by atoms with Gasteiger partial charge >= 0.3 is 0 Å².